The molecule has 0 radical (unpaired) electrons. The Kier molecular flexibility index (Phi) is 4.14. The molecule has 1 aliphatic rings. The van der Waals surface area contributed by atoms with Crippen molar-refractivity contribution in [2.45, 2.75) is 6.18 Å². The van der Waals surface area contributed by atoms with Crippen LogP contribution in [0.25, 0.3) is 0 Å². The lowest BCUT2D eigenvalue weighted by molar-refractivity contribution is -0.154. The Morgan fingerprint density at radius 1 is 1.21 bits per heavy atom. The van der Waals surface area contributed by atoms with Crippen molar-refractivity contribution in [1.82, 2.24) is 9.88 Å². The van der Waals surface area contributed by atoms with E-state index in [0.717, 1.165) is 26.2 Å². The van der Waals surface area contributed by atoms with Crippen molar-refractivity contribution >= 4 is 5.82 Å². The van der Waals surface area contributed by atoms with Crippen LogP contribution in [0.5, 0.6) is 5.88 Å². The van der Waals surface area contributed by atoms with E-state index < -0.39 is 12.8 Å². The van der Waals surface area contributed by atoms with Crippen molar-refractivity contribution in [2.24, 2.45) is 0 Å². The molecule has 1 fully saturated rings. The van der Waals surface area contributed by atoms with Crippen LogP contribution in [0, 0.1) is 0 Å². The fourth-order valence-corrected chi connectivity index (χ4v) is 1.85. The van der Waals surface area contributed by atoms with Crippen LogP contribution >= 0.6 is 0 Å². The Hall–Kier alpha value is -1.50. The first-order valence-corrected chi connectivity index (χ1v) is 6.04. The summed E-state index contributed by atoms with van der Waals surface area (Å²) in [5.74, 6) is 0.668. The van der Waals surface area contributed by atoms with Crippen molar-refractivity contribution < 1.29 is 17.9 Å². The molecule has 19 heavy (non-hydrogen) atoms. The minimum atomic E-state index is -4.34. The van der Waals surface area contributed by atoms with Crippen LogP contribution < -0.4 is 9.64 Å². The van der Waals surface area contributed by atoms with Crippen LogP contribution in [0.4, 0.5) is 19.0 Å². The zero-order valence-electron chi connectivity index (χ0n) is 10.7. The van der Waals surface area contributed by atoms with Crippen molar-refractivity contribution in [3.63, 3.8) is 0 Å². The fourth-order valence-electron chi connectivity index (χ4n) is 1.85. The number of aromatic nitrogens is 1. The first-order chi connectivity index (χ1) is 8.94. The molecule has 0 atom stereocenters. The highest BCUT2D eigenvalue weighted by molar-refractivity contribution is 5.41. The highest BCUT2D eigenvalue weighted by Gasteiger charge is 2.28. The summed E-state index contributed by atoms with van der Waals surface area (Å²) in [4.78, 5) is 8.35. The summed E-state index contributed by atoms with van der Waals surface area (Å²) in [6.45, 7) is 2.13. The molecule has 7 heteroatoms. The summed E-state index contributed by atoms with van der Waals surface area (Å²) in [7, 11) is 2.04. The molecule has 2 heterocycles. The van der Waals surface area contributed by atoms with Crippen molar-refractivity contribution in [3.05, 3.63) is 18.2 Å². The Morgan fingerprint density at radius 3 is 2.53 bits per heavy atom. The predicted octanol–water partition coefficient (Wildman–Crippen LogP) is 1.77. The van der Waals surface area contributed by atoms with Gasteiger partial charge in [0.25, 0.3) is 0 Å². The van der Waals surface area contributed by atoms with Crippen LogP contribution in [0.3, 0.4) is 0 Å². The van der Waals surface area contributed by atoms with E-state index in [-0.39, 0.29) is 5.88 Å². The first kappa shape index (κ1) is 13.9. The van der Waals surface area contributed by atoms with Gasteiger partial charge < -0.3 is 14.5 Å². The molecule has 0 amide bonds. The molecule has 1 aromatic heterocycles. The monoisotopic (exact) mass is 275 g/mol. The van der Waals surface area contributed by atoms with Gasteiger partial charge in [-0.15, -0.1) is 0 Å². The molecule has 0 saturated carbocycles. The Balaban J connectivity index is 1.99. The van der Waals surface area contributed by atoms with Gasteiger partial charge in [-0.2, -0.15) is 18.2 Å². The average molecular weight is 275 g/mol. The molecule has 0 unspecified atom stereocenters. The van der Waals surface area contributed by atoms with Crippen molar-refractivity contribution in [3.8, 4) is 5.88 Å². The quantitative estimate of drug-likeness (QED) is 0.840. The molecule has 2 rings (SSSR count). The number of hydrogen-bond donors (Lipinski definition) is 0. The molecular weight excluding hydrogens is 259 g/mol. The van der Waals surface area contributed by atoms with E-state index in [9.17, 15) is 13.2 Å². The summed E-state index contributed by atoms with van der Waals surface area (Å²) in [6, 6.07) is 4.88. The van der Waals surface area contributed by atoms with E-state index in [1.807, 2.05) is 11.9 Å². The molecule has 1 saturated heterocycles. The van der Waals surface area contributed by atoms with E-state index in [1.165, 1.54) is 6.07 Å². The lowest BCUT2D eigenvalue weighted by Crippen LogP contribution is -2.44. The van der Waals surface area contributed by atoms with Crippen LogP contribution in [0.2, 0.25) is 0 Å². The predicted molar refractivity (Wildman–Crippen MR) is 65.5 cm³/mol. The van der Waals surface area contributed by atoms with E-state index in [0.29, 0.717) is 5.82 Å². The topological polar surface area (TPSA) is 28.6 Å². The Bertz CT molecular complexity index is 417. The van der Waals surface area contributed by atoms with Gasteiger partial charge >= 0.3 is 6.18 Å². The molecule has 4 nitrogen and oxygen atoms in total. The van der Waals surface area contributed by atoms with Gasteiger partial charge in [0, 0.05) is 32.2 Å². The minimum absolute atomic E-state index is 0.00810. The summed E-state index contributed by atoms with van der Waals surface area (Å²) in [6.07, 6.45) is -4.34. The number of nitrogens with zero attached hydrogens (tertiary/aromatic N) is 3. The lowest BCUT2D eigenvalue weighted by atomic mass is 10.3. The van der Waals surface area contributed by atoms with Crippen LogP contribution in [-0.4, -0.2) is 55.9 Å². The van der Waals surface area contributed by atoms with Gasteiger partial charge in [0.05, 0.1) is 0 Å². The maximum absolute atomic E-state index is 12.1. The normalized spacial score (nSPS) is 17.6. The van der Waals surface area contributed by atoms with Gasteiger partial charge in [-0.3, -0.25) is 0 Å². The second-order valence-corrected chi connectivity index (χ2v) is 4.53. The standard InChI is InChI=1S/C12H16F3N3O/c1-17-5-7-18(8-6-17)10-3-2-4-11(16-10)19-9-12(13,14)15/h2-4H,5-9H2,1H3. The number of pyridine rings is 1. The lowest BCUT2D eigenvalue weighted by Gasteiger charge is -2.33. The smallest absolute Gasteiger partial charge is 0.422 e. The van der Waals surface area contributed by atoms with Gasteiger partial charge in [-0.1, -0.05) is 6.07 Å². The second-order valence-electron chi connectivity index (χ2n) is 4.53. The summed E-state index contributed by atoms with van der Waals surface area (Å²) < 4.78 is 40.9. The molecule has 0 aromatic carbocycles. The fraction of sp³-hybridized carbons (Fsp3) is 0.583. The third kappa shape index (κ3) is 4.27. The summed E-state index contributed by atoms with van der Waals surface area (Å²) >= 11 is 0. The number of hydrogen-bond acceptors (Lipinski definition) is 4. The van der Waals surface area contributed by atoms with Crippen molar-refractivity contribution in [2.75, 3.05) is 44.7 Å². The molecule has 0 aliphatic carbocycles. The highest BCUT2D eigenvalue weighted by Crippen LogP contribution is 2.20. The molecule has 1 aromatic rings. The molecule has 1 aliphatic heterocycles. The van der Waals surface area contributed by atoms with Crippen molar-refractivity contribution in [1.29, 1.82) is 0 Å². The maximum Gasteiger partial charge on any atom is 0.422 e. The number of likely N-dealkylation sites (N-methyl/N-ethyl adjacent to an activating group) is 1. The molecule has 0 spiro atoms. The van der Waals surface area contributed by atoms with Gasteiger partial charge in [-0.05, 0) is 13.1 Å². The summed E-state index contributed by atoms with van der Waals surface area (Å²) in [5.41, 5.74) is 0. The number of anilines is 1. The van der Waals surface area contributed by atoms with E-state index in [4.69, 9.17) is 0 Å². The first-order valence-electron chi connectivity index (χ1n) is 6.04. The minimum Gasteiger partial charge on any atom is -0.468 e. The third-order valence-corrected chi connectivity index (χ3v) is 2.92. The zero-order valence-corrected chi connectivity index (χ0v) is 10.7. The van der Waals surface area contributed by atoms with E-state index in [1.54, 1.807) is 12.1 Å². The largest absolute Gasteiger partial charge is 0.468 e. The molecule has 0 bridgehead atoms. The van der Waals surface area contributed by atoms with Gasteiger partial charge in [0.2, 0.25) is 5.88 Å². The average Bonchev–Trinajstić information content (AvgIpc) is 2.37. The number of piperazine rings is 1. The molecular formula is C12H16F3N3O. The van der Waals surface area contributed by atoms with Crippen LogP contribution in [0.15, 0.2) is 18.2 Å². The van der Waals surface area contributed by atoms with E-state index in [2.05, 4.69) is 14.6 Å². The van der Waals surface area contributed by atoms with Crippen LogP contribution in [0.1, 0.15) is 0 Å². The van der Waals surface area contributed by atoms with Gasteiger partial charge in [0.15, 0.2) is 6.61 Å². The highest BCUT2D eigenvalue weighted by atomic mass is 19.4. The van der Waals surface area contributed by atoms with Gasteiger partial charge in [0.1, 0.15) is 5.82 Å². The SMILES string of the molecule is CN1CCN(c2cccc(OCC(F)(F)F)n2)CC1. The molecule has 0 N–H and O–H groups in total. The Morgan fingerprint density at radius 2 is 1.89 bits per heavy atom. The maximum atomic E-state index is 12.1. The Labute approximate surface area is 109 Å². The number of alkyl halides is 3. The zero-order chi connectivity index (χ0) is 13.9. The van der Waals surface area contributed by atoms with Gasteiger partial charge in [-0.25, -0.2) is 0 Å². The van der Waals surface area contributed by atoms with Crippen LogP contribution in [-0.2, 0) is 0 Å². The van der Waals surface area contributed by atoms with E-state index >= 15 is 0 Å². The third-order valence-electron chi connectivity index (χ3n) is 2.92. The number of rotatable bonds is 3. The molecule has 106 valence electrons. The number of halogens is 3. The number of ether oxygens (including phenoxy) is 1. The summed E-state index contributed by atoms with van der Waals surface area (Å²) in [5, 5.41) is 0. The second kappa shape index (κ2) is 5.64.